The van der Waals surface area contributed by atoms with E-state index in [0.717, 1.165) is 42.0 Å². The van der Waals surface area contributed by atoms with Crippen molar-refractivity contribution in [3.05, 3.63) is 101 Å². The van der Waals surface area contributed by atoms with E-state index in [4.69, 9.17) is 9.73 Å². The van der Waals surface area contributed by atoms with Gasteiger partial charge >= 0.3 is 6.18 Å². The second-order valence-corrected chi connectivity index (χ2v) is 8.06. The Morgan fingerprint density at radius 2 is 1.59 bits per heavy atom. The number of hydrogen-bond donors (Lipinski definition) is 0. The molecule has 4 rings (SSSR count). The Balaban J connectivity index is 1.65. The summed E-state index contributed by atoms with van der Waals surface area (Å²) in [5.74, 6) is 0. The van der Waals surface area contributed by atoms with Crippen LogP contribution in [-0.2, 0) is 17.3 Å². The van der Waals surface area contributed by atoms with Crippen molar-refractivity contribution in [2.45, 2.75) is 18.6 Å². The fourth-order valence-corrected chi connectivity index (χ4v) is 3.95. The van der Waals surface area contributed by atoms with Crippen LogP contribution in [0.5, 0.6) is 0 Å². The molecule has 0 spiro atoms. The SMILES string of the molecule is N#CC(=N[C@H](Cc1ccccc1)c1ccc(N2CCOCC2)cc1)c1ccc(C(F)(F)F)cc1. The van der Waals surface area contributed by atoms with Gasteiger partial charge in [0, 0.05) is 24.3 Å². The molecule has 0 saturated carbocycles. The molecule has 174 valence electrons. The summed E-state index contributed by atoms with van der Waals surface area (Å²) in [7, 11) is 0. The molecule has 0 aromatic heterocycles. The van der Waals surface area contributed by atoms with Gasteiger partial charge in [-0.1, -0.05) is 54.6 Å². The zero-order valence-corrected chi connectivity index (χ0v) is 18.5. The maximum Gasteiger partial charge on any atom is 0.416 e. The summed E-state index contributed by atoms with van der Waals surface area (Å²) in [6, 6.07) is 24.2. The second kappa shape index (κ2) is 10.5. The minimum atomic E-state index is -4.43. The van der Waals surface area contributed by atoms with Crippen LogP contribution in [0, 0.1) is 11.3 Å². The van der Waals surface area contributed by atoms with Crippen LogP contribution < -0.4 is 4.90 Å². The fourth-order valence-electron chi connectivity index (χ4n) is 3.95. The Bertz CT molecular complexity index is 1140. The van der Waals surface area contributed by atoms with Crippen molar-refractivity contribution in [1.82, 2.24) is 0 Å². The van der Waals surface area contributed by atoms with Gasteiger partial charge in [-0.3, -0.25) is 4.99 Å². The minimum Gasteiger partial charge on any atom is -0.378 e. The molecule has 0 aliphatic carbocycles. The average molecular weight is 464 g/mol. The van der Waals surface area contributed by atoms with Crippen molar-refractivity contribution < 1.29 is 17.9 Å². The van der Waals surface area contributed by atoms with Gasteiger partial charge in [0.1, 0.15) is 11.8 Å². The van der Waals surface area contributed by atoms with Gasteiger partial charge in [-0.25, -0.2) is 0 Å². The molecule has 1 saturated heterocycles. The number of benzene rings is 3. The van der Waals surface area contributed by atoms with Gasteiger partial charge in [0.2, 0.25) is 0 Å². The largest absolute Gasteiger partial charge is 0.416 e. The third kappa shape index (κ3) is 5.83. The number of anilines is 1. The van der Waals surface area contributed by atoms with Crippen molar-refractivity contribution in [2.75, 3.05) is 31.2 Å². The van der Waals surface area contributed by atoms with Gasteiger partial charge in [0.25, 0.3) is 0 Å². The first-order valence-corrected chi connectivity index (χ1v) is 11.1. The van der Waals surface area contributed by atoms with Crippen LogP contribution in [0.2, 0.25) is 0 Å². The summed E-state index contributed by atoms with van der Waals surface area (Å²) in [6.07, 6.45) is -3.87. The summed E-state index contributed by atoms with van der Waals surface area (Å²) in [5.41, 5.74) is 2.79. The molecule has 1 fully saturated rings. The van der Waals surface area contributed by atoms with Crippen molar-refractivity contribution in [1.29, 1.82) is 5.26 Å². The van der Waals surface area contributed by atoms with E-state index in [1.54, 1.807) is 0 Å². The van der Waals surface area contributed by atoms with Crippen molar-refractivity contribution >= 4 is 11.4 Å². The Morgan fingerprint density at radius 3 is 2.18 bits per heavy atom. The molecule has 1 aliphatic rings. The molecular weight excluding hydrogens is 439 g/mol. The molecule has 0 radical (unpaired) electrons. The van der Waals surface area contributed by atoms with Gasteiger partial charge in [-0.2, -0.15) is 18.4 Å². The molecule has 0 N–H and O–H groups in total. The third-order valence-corrected chi connectivity index (χ3v) is 5.80. The number of alkyl halides is 3. The van der Waals surface area contributed by atoms with Crippen molar-refractivity contribution in [2.24, 2.45) is 4.99 Å². The zero-order chi connectivity index (χ0) is 24.0. The van der Waals surface area contributed by atoms with Gasteiger partial charge < -0.3 is 9.64 Å². The molecule has 34 heavy (non-hydrogen) atoms. The summed E-state index contributed by atoms with van der Waals surface area (Å²) < 4.78 is 44.2. The number of nitrogens with zero attached hydrogens (tertiary/aromatic N) is 3. The Labute approximate surface area is 196 Å². The molecule has 4 nitrogen and oxygen atoms in total. The Morgan fingerprint density at radius 1 is 0.941 bits per heavy atom. The fraction of sp³-hybridized carbons (Fsp3) is 0.259. The van der Waals surface area contributed by atoms with Crippen LogP contribution in [0.25, 0.3) is 0 Å². The normalized spacial score (nSPS) is 15.6. The lowest BCUT2D eigenvalue weighted by molar-refractivity contribution is -0.137. The standard InChI is InChI=1S/C27H24F3N3O/c28-27(29,30)23-10-6-22(7-11-23)26(19-31)32-25(18-20-4-2-1-3-5-20)21-8-12-24(13-9-21)33-14-16-34-17-15-33/h1-13,25H,14-18H2/t25-/m1/s1. The smallest absolute Gasteiger partial charge is 0.378 e. The monoisotopic (exact) mass is 463 g/mol. The number of halogens is 3. The molecule has 0 amide bonds. The van der Waals surface area contributed by atoms with Crippen LogP contribution >= 0.6 is 0 Å². The number of rotatable bonds is 6. The van der Waals surface area contributed by atoms with E-state index in [0.29, 0.717) is 25.2 Å². The first-order valence-electron chi connectivity index (χ1n) is 11.1. The van der Waals surface area contributed by atoms with Gasteiger partial charge in [0.15, 0.2) is 0 Å². The number of morpholine rings is 1. The Hall–Kier alpha value is -3.63. The Kier molecular flexibility index (Phi) is 7.29. The molecule has 0 unspecified atom stereocenters. The van der Waals surface area contributed by atoms with E-state index in [-0.39, 0.29) is 11.8 Å². The second-order valence-electron chi connectivity index (χ2n) is 8.06. The highest BCUT2D eigenvalue weighted by molar-refractivity contribution is 6.11. The highest BCUT2D eigenvalue weighted by Crippen LogP contribution is 2.30. The number of ether oxygens (including phenoxy) is 1. The third-order valence-electron chi connectivity index (χ3n) is 5.80. The lowest BCUT2D eigenvalue weighted by atomic mass is 9.98. The van der Waals surface area contributed by atoms with E-state index in [2.05, 4.69) is 11.0 Å². The number of hydrogen-bond acceptors (Lipinski definition) is 4. The molecule has 3 aromatic carbocycles. The van der Waals surface area contributed by atoms with Crippen molar-refractivity contribution in [3.63, 3.8) is 0 Å². The maximum atomic E-state index is 12.9. The summed E-state index contributed by atoms with van der Waals surface area (Å²) in [6.45, 7) is 3.05. The van der Waals surface area contributed by atoms with Crippen LogP contribution in [0.1, 0.15) is 28.3 Å². The van der Waals surface area contributed by atoms with Crippen LogP contribution in [0.3, 0.4) is 0 Å². The predicted molar refractivity (Wildman–Crippen MR) is 126 cm³/mol. The van der Waals surface area contributed by atoms with Gasteiger partial charge in [-0.05, 0) is 41.8 Å². The number of nitriles is 1. The molecule has 7 heteroatoms. The van der Waals surface area contributed by atoms with Gasteiger partial charge in [0.05, 0.1) is 24.8 Å². The van der Waals surface area contributed by atoms with Crippen LogP contribution in [0.4, 0.5) is 18.9 Å². The minimum absolute atomic E-state index is 0.104. The van der Waals surface area contributed by atoms with E-state index in [1.807, 2.05) is 54.6 Å². The average Bonchev–Trinajstić information content (AvgIpc) is 2.87. The van der Waals surface area contributed by atoms with Crippen molar-refractivity contribution in [3.8, 4) is 6.07 Å². The highest BCUT2D eigenvalue weighted by atomic mass is 19.4. The number of aliphatic imine (C=N–C) groups is 1. The molecular formula is C27H24F3N3O. The molecule has 0 bridgehead atoms. The van der Waals surface area contributed by atoms with Gasteiger partial charge in [-0.15, -0.1) is 0 Å². The van der Waals surface area contributed by atoms with E-state index in [1.165, 1.54) is 12.1 Å². The van der Waals surface area contributed by atoms with E-state index in [9.17, 15) is 18.4 Å². The quantitative estimate of drug-likeness (QED) is 0.432. The van der Waals surface area contributed by atoms with Crippen LogP contribution in [-0.4, -0.2) is 32.0 Å². The summed E-state index contributed by atoms with van der Waals surface area (Å²) in [4.78, 5) is 6.96. The molecule has 1 heterocycles. The van der Waals surface area contributed by atoms with E-state index < -0.39 is 11.7 Å². The zero-order valence-electron chi connectivity index (χ0n) is 18.5. The molecule has 1 aliphatic heterocycles. The maximum absolute atomic E-state index is 12.9. The topological polar surface area (TPSA) is 48.6 Å². The lowest BCUT2D eigenvalue weighted by Crippen LogP contribution is -2.36. The first kappa shape index (κ1) is 23.5. The molecule has 3 aromatic rings. The summed E-state index contributed by atoms with van der Waals surface area (Å²) in [5, 5.41) is 9.76. The summed E-state index contributed by atoms with van der Waals surface area (Å²) >= 11 is 0. The molecule has 1 atom stereocenters. The van der Waals surface area contributed by atoms with Crippen LogP contribution in [0.15, 0.2) is 83.9 Å². The first-order chi connectivity index (χ1) is 16.4. The lowest BCUT2D eigenvalue weighted by Gasteiger charge is -2.29. The van der Waals surface area contributed by atoms with E-state index >= 15 is 0 Å². The predicted octanol–water partition coefficient (Wildman–Crippen LogP) is 5.84. The highest BCUT2D eigenvalue weighted by Gasteiger charge is 2.30.